The van der Waals surface area contributed by atoms with Crippen LogP contribution in [0.5, 0.6) is 11.5 Å². The van der Waals surface area contributed by atoms with E-state index in [-0.39, 0.29) is 24.2 Å². The summed E-state index contributed by atoms with van der Waals surface area (Å²) in [7, 11) is 1.58. The van der Waals surface area contributed by atoms with E-state index in [4.69, 9.17) is 14.5 Å². The van der Waals surface area contributed by atoms with Crippen molar-refractivity contribution in [2.45, 2.75) is 70.4 Å². The number of hydrogen-bond donors (Lipinski definition) is 1. The summed E-state index contributed by atoms with van der Waals surface area (Å²) in [5, 5.41) is 15.0. The maximum Gasteiger partial charge on any atom is 0.269 e. The molecule has 8 nitrogen and oxygen atoms in total. The van der Waals surface area contributed by atoms with Crippen molar-refractivity contribution < 1.29 is 19.2 Å². The zero-order valence-corrected chi connectivity index (χ0v) is 22.9. The number of para-hydroxylation sites is 1. The van der Waals surface area contributed by atoms with Gasteiger partial charge in [0.2, 0.25) is 0 Å². The Balaban J connectivity index is 1.40. The van der Waals surface area contributed by atoms with Gasteiger partial charge in [-0.05, 0) is 73.9 Å². The Bertz CT molecular complexity index is 1360. The van der Waals surface area contributed by atoms with Crippen LogP contribution in [0.2, 0.25) is 0 Å². The molecule has 0 saturated heterocycles. The number of nitro groups is 1. The zero-order chi connectivity index (χ0) is 27.2. The van der Waals surface area contributed by atoms with Gasteiger partial charge < -0.3 is 14.8 Å². The molecule has 0 atom stereocenters. The second kappa shape index (κ2) is 12.4. The number of amides is 1. The van der Waals surface area contributed by atoms with Gasteiger partial charge in [0, 0.05) is 34.8 Å². The average Bonchev–Trinajstić information content (AvgIpc) is 3.34. The molecule has 0 spiro atoms. The van der Waals surface area contributed by atoms with E-state index in [9.17, 15) is 14.9 Å². The second-order valence-electron chi connectivity index (χ2n) is 10.0. The molecule has 204 valence electrons. The fourth-order valence-corrected chi connectivity index (χ4v) is 6.56. The second-order valence-corrected chi connectivity index (χ2v) is 11.1. The molecule has 9 heteroatoms. The Kier molecular flexibility index (Phi) is 8.56. The van der Waals surface area contributed by atoms with Crippen molar-refractivity contribution in [3.05, 3.63) is 79.7 Å². The van der Waals surface area contributed by atoms with Crippen molar-refractivity contribution in [2.75, 3.05) is 7.11 Å². The van der Waals surface area contributed by atoms with Gasteiger partial charge in [0.15, 0.2) is 11.5 Å². The van der Waals surface area contributed by atoms with E-state index in [1.54, 1.807) is 36.8 Å². The van der Waals surface area contributed by atoms with Gasteiger partial charge in [0.1, 0.15) is 11.6 Å². The summed E-state index contributed by atoms with van der Waals surface area (Å²) in [5.41, 5.74) is 3.44. The minimum Gasteiger partial charge on any atom is -0.493 e. The van der Waals surface area contributed by atoms with Crippen LogP contribution in [0.25, 0.3) is 0 Å². The van der Waals surface area contributed by atoms with Crippen molar-refractivity contribution in [2.24, 2.45) is 4.99 Å². The van der Waals surface area contributed by atoms with Crippen LogP contribution < -0.4 is 14.8 Å². The number of non-ortho nitro benzene ring substituents is 1. The minimum atomic E-state index is -0.425. The number of rotatable bonds is 9. The Morgan fingerprint density at radius 2 is 1.87 bits per heavy atom. The molecular formula is C30H33N3O5S. The predicted octanol–water partition coefficient (Wildman–Crippen LogP) is 6.94. The first kappa shape index (κ1) is 26.9. The van der Waals surface area contributed by atoms with E-state index in [0.717, 1.165) is 78.6 Å². The number of thiophene rings is 1. The topological polar surface area (TPSA) is 103 Å². The van der Waals surface area contributed by atoms with Crippen LogP contribution in [-0.2, 0) is 19.4 Å². The molecule has 0 aliphatic heterocycles. The van der Waals surface area contributed by atoms with Crippen LogP contribution in [0, 0.1) is 10.1 Å². The Labute approximate surface area is 232 Å². The Hall–Kier alpha value is -3.72. The SMILES string of the molecule is COc1cccc(C=Nc2sc3c(c2C(=O)NC2CCCCC2)CCCC3)c1OCc1ccc([N+](=O)[O-])cc1. The van der Waals surface area contributed by atoms with Gasteiger partial charge in [-0.2, -0.15) is 0 Å². The van der Waals surface area contributed by atoms with Crippen LogP contribution in [0.15, 0.2) is 47.5 Å². The van der Waals surface area contributed by atoms with E-state index in [0.29, 0.717) is 11.5 Å². The van der Waals surface area contributed by atoms with Crippen molar-refractivity contribution in [3.8, 4) is 11.5 Å². The summed E-state index contributed by atoms with van der Waals surface area (Å²) in [6, 6.07) is 12.1. The van der Waals surface area contributed by atoms with Gasteiger partial charge in [0.05, 0.1) is 17.6 Å². The lowest BCUT2D eigenvalue weighted by Crippen LogP contribution is -2.36. The highest BCUT2D eigenvalue weighted by Crippen LogP contribution is 2.40. The lowest BCUT2D eigenvalue weighted by molar-refractivity contribution is -0.384. The first-order valence-corrected chi connectivity index (χ1v) is 14.4. The van der Waals surface area contributed by atoms with Crippen LogP contribution in [-0.4, -0.2) is 30.2 Å². The van der Waals surface area contributed by atoms with E-state index in [1.807, 2.05) is 18.2 Å². The first-order chi connectivity index (χ1) is 19.0. The standard InChI is InChI=1S/C30H33N3O5S/c1-37-25-12-7-8-21(28(25)38-19-20-14-16-23(17-15-20)33(35)36)18-31-30-27(24-11-5-6-13-26(24)39-30)29(34)32-22-9-3-2-4-10-22/h7-8,12,14-18,22H,2-6,9-11,13,19H2,1H3,(H,32,34). The number of benzene rings is 2. The number of carbonyl (C=O) groups is 1. The summed E-state index contributed by atoms with van der Waals surface area (Å²) < 4.78 is 11.7. The summed E-state index contributed by atoms with van der Waals surface area (Å²) in [6.07, 6.45) is 11.5. The maximum absolute atomic E-state index is 13.5. The molecular weight excluding hydrogens is 514 g/mol. The summed E-state index contributed by atoms with van der Waals surface area (Å²) >= 11 is 1.62. The number of fused-ring (bicyclic) bond motifs is 1. The Morgan fingerprint density at radius 3 is 2.62 bits per heavy atom. The van der Waals surface area contributed by atoms with Crippen LogP contribution in [0.3, 0.4) is 0 Å². The number of nitrogens with one attached hydrogen (secondary N) is 1. The molecule has 0 bridgehead atoms. The lowest BCUT2D eigenvalue weighted by atomic mass is 9.93. The molecule has 1 aromatic heterocycles. The fraction of sp³-hybridized carbons (Fsp3) is 0.400. The number of aryl methyl sites for hydroxylation is 1. The van der Waals surface area contributed by atoms with Gasteiger partial charge in [-0.3, -0.25) is 14.9 Å². The summed E-state index contributed by atoms with van der Waals surface area (Å²) in [6.45, 7) is 0.210. The fourth-order valence-electron chi connectivity index (χ4n) is 5.33. The van der Waals surface area contributed by atoms with Gasteiger partial charge in [0.25, 0.3) is 11.6 Å². The molecule has 1 fully saturated rings. The number of nitro benzene ring substituents is 1. The number of carbonyl (C=O) groups excluding carboxylic acids is 1. The molecule has 1 saturated carbocycles. The molecule has 2 aliphatic rings. The quantitative estimate of drug-likeness (QED) is 0.178. The maximum atomic E-state index is 13.5. The summed E-state index contributed by atoms with van der Waals surface area (Å²) in [5.74, 6) is 1.08. The molecule has 0 radical (unpaired) electrons. The number of methoxy groups -OCH3 is 1. The highest BCUT2D eigenvalue weighted by atomic mass is 32.1. The molecule has 0 unspecified atom stereocenters. The molecule has 3 aromatic rings. The third-order valence-corrected chi connectivity index (χ3v) is 8.60. The van der Waals surface area contributed by atoms with Gasteiger partial charge in [-0.25, -0.2) is 4.99 Å². The highest BCUT2D eigenvalue weighted by molar-refractivity contribution is 7.16. The molecule has 2 aromatic carbocycles. The number of ether oxygens (including phenoxy) is 2. The van der Waals surface area contributed by atoms with Crippen molar-refractivity contribution in [1.82, 2.24) is 5.32 Å². The van der Waals surface area contributed by atoms with E-state index in [1.165, 1.54) is 23.4 Å². The Morgan fingerprint density at radius 1 is 1.10 bits per heavy atom. The smallest absolute Gasteiger partial charge is 0.269 e. The average molecular weight is 548 g/mol. The van der Waals surface area contributed by atoms with Crippen LogP contribution >= 0.6 is 11.3 Å². The normalized spacial score (nSPS) is 15.6. The zero-order valence-electron chi connectivity index (χ0n) is 22.1. The number of hydrogen-bond acceptors (Lipinski definition) is 7. The van der Waals surface area contributed by atoms with E-state index < -0.39 is 4.92 Å². The molecule has 39 heavy (non-hydrogen) atoms. The first-order valence-electron chi connectivity index (χ1n) is 13.6. The molecule has 1 N–H and O–H groups in total. The highest BCUT2D eigenvalue weighted by Gasteiger charge is 2.27. The third-order valence-electron chi connectivity index (χ3n) is 7.40. The summed E-state index contributed by atoms with van der Waals surface area (Å²) in [4.78, 5) is 30.1. The molecule has 1 heterocycles. The number of aliphatic imine (C=N–C) groups is 1. The predicted molar refractivity (Wildman–Crippen MR) is 153 cm³/mol. The van der Waals surface area contributed by atoms with Crippen molar-refractivity contribution in [3.63, 3.8) is 0 Å². The number of nitrogens with zero attached hydrogens (tertiary/aromatic N) is 2. The van der Waals surface area contributed by atoms with E-state index >= 15 is 0 Å². The van der Waals surface area contributed by atoms with E-state index in [2.05, 4.69) is 5.32 Å². The molecule has 5 rings (SSSR count). The van der Waals surface area contributed by atoms with Crippen molar-refractivity contribution >= 4 is 34.1 Å². The molecule has 2 aliphatic carbocycles. The largest absolute Gasteiger partial charge is 0.493 e. The van der Waals surface area contributed by atoms with Crippen molar-refractivity contribution in [1.29, 1.82) is 0 Å². The monoisotopic (exact) mass is 547 g/mol. The van der Waals surface area contributed by atoms with Crippen LogP contribution in [0.4, 0.5) is 10.7 Å². The lowest BCUT2D eigenvalue weighted by Gasteiger charge is -2.23. The van der Waals surface area contributed by atoms with Crippen LogP contribution in [0.1, 0.15) is 76.9 Å². The minimum absolute atomic E-state index is 0.00580. The van der Waals surface area contributed by atoms with Gasteiger partial charge in [-0.15, -0.1) is 11.3 Å². The molecule has 1 amide bonds. The third kappa shape index (κ3) is 6.30. The van der Waals surface area contributed by atoms with Gasteiger partial charge >= 0.3 is 0 Å². The van der Waals surface area contributed by atoms with Gasteiger partial charge in [-0.1, -0.05) is 25.3 Å².